The molecule has 5 nitrogen and oxygen atoms in total. The van der Waals surface area contributed by atoms with Gasteiger partial charge in [0.15, 0.2) is 5.82 Å². The van der Waals surface area contributed by atoms with Gasteiger partial charge in [-0.15, -0.1) is 0 Å². The number of fused-ring (bicyclic) bond motifs is 1. The second-order valence-corrected chi connectivity index (χ2v) is 4.94. The predicted octanol–water partition coefficient (Wildman–Crippen LogP) is 3.54. The molecule has 23 heavy (non-hydrogen) atoms. The molecule has 0 bridgehead atoms. The van der Waals surface area contributed by atoms with Crippen molar-refractivity contribution in [1.29, 1.82) is 0 Å². The van der Waals surface area contributed by atoms with Gasteiger partial charge in [-0.1, -0.05) is 18.2 Å². The summed E-state index contributed by atoms with van der Waals surface area (Å²) >= 11 is 0. The van der Waals surface area contributed by atoms with E-state index in [1.807, 2.05) is 65.2 Å². The van der Waals surface area contributed by atoms with Crippen molar-refractivity contribution in [2.24, 2.45) is 4.99 Å². The first-order chi connectivity index (χ1) is 11.4. The molecule has 0 radical (unpaired) electrons. The van der Waals surface area contributed by atoms with Crippen molar-refractivity contribution in [2.45, 2.75) is 0 Å². The number of rotatable bonds is 3. The Morgan fingerprint density at radius 1 is 0.870 bits per heavy atom. The van der Waals surface area contributed by atoms with Gasteiger partial charge in [0.1, 0.15) is 11.3 Å². The minimum atomic E-state index is 0.741. The Morgan fingerprint density at radius 3 is 2.48 bits per heavy atom. The zero-order chi connectivity index (χ0) is 15.5. The van der Waals surface area contributed by atoms with Gasteiger partial charge >= 0.3 is 0 Å². The van der Waals surface area contributed by atoms with Crippen molar-refractivity contribution in [3.63, 3.8) is 0 Å². The third kappa shape index (κ3) is 2.60. The molecule has 0 amide bonds. The molecule has 0 aliphatic heterocycles. The molecule has 0 N–H and O–H groups in total. The normalized spacial score (nSPS) is 11.3. The van der Waals surface area contributed by atoms with Crippen LogP contribution in [-0.4, -0.2) is 25.6 Å². The molecule has 0 fully saturated rings. The molecular formula is C18H13N5. The number of nitrogens with zero attached hydrogens (tertiary/aromatic N) is 5. The molecule has 4 heterocycles. The van der Waals surface area contributed by atoms with Crippen LogP contribution >= 0.6 is 0 Å². The van der Waals surface area contributed by atoms with E-state index >= 15 is 0 Å². The quantitative estimate of drug-likeness (QED) is 0.544. The number of aliphatic imine (C=N–C) groups is 1. The maximum absolute atomic E-state index is 4.66. The van der Waals surface area contributed by atoms with Gasteiger partial charge in [-0.25, -0.2) is 9.98 Å². The average Bonchev–Trinajstić information content (AvgIpc) is 3.00. The van der Waals surface area contributed by atoms with Gasteiger partial charge < -0.3 is 0 Å². The first kappa shape index (κ1) is 13.3. The van der Waals surface area contributed by atoms with E-state index in [2.05, 4.69) is 19.9 Å². The standard InChI is InChI=1S/C18H13N5/c1-4-10-19-14(7-1)13-21-18-17(15-8-2-5-11-20-15)22-16-9-3-6-12-23(16)18/h1-13H/b21-13+. The summed E-state index contributed by atoms with van der Waals surface area (Å²) in [5, 5.41) is 0. The summed E-state index contributed by atoms with van der Waals surface area (Å²) in [5.74, 6) is 0.741. The highest BCUT2D eigenvalue weighted by molar-refractivity contribution is 5.82. The predicted molar refractivity (Wildman–Crippen MR) is 89.9 cm³/mol. The van der Waals surface area contributed by atoms with Gasteiger partial charge in [0.05, 0.1) is 17.6 Å². The zero-order valence-corrected chi connectivity index (χ0v) is 12.2. The molecule has 0 aromatic carbocycles. The van der Waals surface area contributed by atoms with Gasteiger partial charge in [-0.3, -0.25) is 14.4 Å². The lowest BCUT2D eigenvalue weighted by Crippen LogP contribution is -1.87. The lowest BCUT2D eigenvalue weighted by atomic mass is 10.3. The summed E-state index contributed by atoms with van der Waals surface area (Å²) in [6.45, 7) is 0. The van der Waals surface area contributed by atoms with E-state index in [-0.39, 0.29) is 0 Å². The SMILES string of the molecule is C(=N\c1c(-c2ccccn2)nc2ccccn12)/c1ccccn1. The molecule has 0 unspecified atom stereocenters. The third-order valence-electron chi connectivity index (χ3n) is 3.42. The third-order valence-corrected chi connectivity index (χ3v) is 3.42. The van der Waals surface area contributed by atoms with Gasteiger partial charge in [0.25, 0.3) is 0 Å². The zero-order valence-electron chi connectivity index (χ0n) is 12.2. The highest BCUT2D eigenvalue weighted by Crippen LogP contribution is 2.29. The Hall–Kier alpha value is -3.34. The average molecular weight is 299 g/mol. The van der Waals surface area contributed by atoms with Crippen molar-refractivity contribution in [1.82, 2.24) is 19.4 Å². The lowest BCUT2D eigenvalue weighted by Gasteiger charge is -1.99. The Labute approximate surface area is 133 Å². The van der Waals surface area contributed by atoms with E-state index in [0.29, 0.717) is 0 Å². The first-order valence-corrected chi connectivity index (χ1v) is 7.25. The van der Waals surface area contributed by atoms with Crippen molar-refractivity contribution in [2.75, 3.05) is 0 Å². The van der Waals surface area contributed by atoms with Crippen molar-refractivity contribution < 1.29 is 0 Å². The maximum atomic E-state index is 4.66. The Balaban J connectivity index is 1.88. The monoisotopic (exact) mass is 299 g/mol. The number of pyridine rings is 3. The van der Waals surface area contributed by atoms with E-state index < -0.39 is 0 Å². The molecule has 0 aliphatic rings. The van der Waals surface area contributed by atoms with E-state index in [1.165, 1.54) is 0 Å². The van der Waals surface area contributed by atoms with Crippen LogP contribution in [-0.2, 0) is 0 Å². The molecule has 0 aliphatic carbocycles. The van der Waals surface area contributed by atoms with Crippen LogP contribution in [0.4, 0.5) is 5.82 Å². The van der Waals surface area contributed by atoms with Crippen LogP contribution in [0, 0.1) is 0 Å². The Kier molecular flexibility index (Phi) is 3.37. The van der Waals surface area contributed by atoms with Gasteiger partial charge in [0.2, 0.25) is 0 Å². The van der Waals surface area contributed by atoms with Gasteiger partial charge in [0, 0.05) is 18.6 Å². The molecular weight excluding hydrogens is 286 g/mol. The van der Waals surface area contributed by atoms with Crippen molar-refractivity contribution in [3.8, 4) is 11.4 Å². The van der Waals surface area contributed by atoms with E-state index in [1.54, 1.807) is 18.6 Å². The molecule has 0 atom stereocenters. The molecule has 0 saturated heterocycles. The first-order valence-electron chi connectivity index (χ1n) is 7.25. The summed E-state index contributed by atoms with van der Waals surface area (Å²) in [5.41, 5.74) is 3.18. The summed E-state index contributed by atoms with van der Waals surface area (Å²) in [6, 6.07) is 17.3. The number of imidazole rings is 1. The molecule has 110 valence electrons. The van der Waals surface area contributed by atoms with Crippen molar-refractivity contribution in [3.05, 3.63) is 78.9 Å². The molecule has 4 aromatic heterocycles. The fraction of sp³-hybridized carbons (Fsp3) is 0. The minimum Gasteiger partial charge on any atom is -0.284 e. The maximum Gasteiger partial charge on any atom is 0.166 e. The van der Waals surface area contributed by atoms with Crippen LogP contribution in [0.5, 0.6) is 0 Å². The summed E-state index contributed by atoms with van der Waals surface area (Å²) in [6.07, 6.45) is 7.18. The fourth-order valence-corrected chi connectivity index (χ4v) is 2.36. The number of aromatic nitrogens is 4. The molecule has 0 saturated carbocycles. The smallest absolute Gasteiger partial charge is 0.166 e. The molecule has 0 spiro atoms. The van der Waals surface area contributed by atoms with Crippen LogP contribution < -0.4 is 0 Å². The van der Waals surface area contributed by atoms with Gasteiger partial charge in [-0.2, -0.15) is 0 Å². The molecule has 4 aromatic rings. The fourth-order valence-electron chi connectivity index (χ4n) is 2.36. The Morgan fingerprint density at radius 2 is 1.70 bits per heavy atom. The van der Waals surface area contributed by atoms with Crippen LogP contribution in [0.3, 0.4) is 0 Å². The van der Waals surface area contributed by atoms with Crippen molar-refractivity contribution >= 4 is 17.7 Å². The highest BCUT2D eigenvalue weighted by Gasteiger charge is 2.13. The summed E-state index contributed by atoms with van der Waals surface area (Å²) in [4.78, 5) is 17.9. The summed E-state index contributed by atoms with van der Waals surface area (Å²) in [7, 11) is 0. The second-order valence-electron chi connectivity index (χ2n) is 4.94. The minimum absolute atomic E-state index is 0.741. The van der Waals surface area contributed by atoms with Crippen LogP contribution in [0.25, 0.3) is 17.0 Å². The number of hydrogen-bond donors (Lipinski definition) is 0. The Bertz CT molecular complexity index is 959. The van der Waals surface area contributed by atoms with E-state index in [9.17, 15) is 0 Å². The molecule has 5 heteroatoms. The lowest BCUT2D eigenvalue weighted by molar-refractivity contribution is 1.16. The summed E-state index contributed by atoms with van der Waals surface area (Å²) < 4.78 is 1.95. The highest BCUT2D eigenvalue weighted by atomic mass is 15.1. The van der Waals surface area contributed by atoms with E-state index in [4.69, 9.17) is 0 Å². The molecule has 4 rings (SSSR count). The largest absolute Gasteiger partial charge is 0.284 e. The van der Waals surface area contributed by atoms with Crippen LogP contribution in [0.1, 0.15) is 5.69 Å². The number of hydrogen-bond acceptors (Lipinski definition) is 4. The van der Waals surface area contributed by atoms with Crippen LogP contribution in [0.2, 0.25) is 0 Å². The topological polar surface area (TPSA) is 55.4 Å². The van der Waals surface area contributed by atoms with Crippen LogP contribution in [0.15, 0.2) is 78.2 Å². The van der Waals surface area contributed by atoms with Gasteiger partial charge in [-0.05, 0) is 36.4 Å². The van der Waals surface area contributed by atoms with E-state index in [0.717, 1.165) is 28.5 Å². The second kappa shape index (κ2) is 5.81.